The minimum atomic E-state index is -0.955. The lowest BCUT2D eigenvalue weighted by Crippen LogP contribution is -2.34. The molecule has 1 N–H and O–H groups in total. The molecule has 0 fully saturated rings. The van der Waals surface area contributed by atoms with E-state index in [0.29, 0.717) is 12.8 Å². The number of rotatable bonds is 9. The van der Waals surface area contributed by atoms with E-state index in [1.165, 1.54) is 19.9 Å². The van der Waals surface area contributed by atoms with E-state index in [1.54, 1.807) is 13.0 Å². The van der Waals surface area contributed by atoms with Crippen LogP contribution in [0.2, 0.25) is 0 Å². The number of allylic oxidation sites excluding steroid dienone is 2. The van der Waals surface area contributed by atoms with Crippen LogP contribution in [0.5, 0.6) is 0 Å². The van der Waals surface area contributed by atoms with Crippen molar-refractivity contribution < 1.29 is 24.2 Å². The Balaban J connectivity index is 5.38. The summed E-state index contributed by atoms with van der Waals surface area (Å²) in [6, 6.07) is 0. The Morgan fingerprint density at radius 1 is 1.12 bits per heavy atom. The second kappa shape index (κ2) is 10.1. The van der Waals surface area contributed by atoms with Crippen LogP contribution in [0, 0.1) is 0 Å². The van der Waals surface area contributed by atoms with Crippen molar-refractivity contribution in [3.63, 3.8) is 0 Å². The molecule has 0 saturated heterocycles. The number of hydrogen-bond acceptors (Lipinski definition) is 5. The molecule has 0 bridgehead atoms. The quantitative estimate of drug-likeness (QED) is 0.515. The second-order valence-electron chi connectivity index (χ2n) is 6.40. The lowest BCUT2D eigenvalue weighted by Gasteiger charge is -2.26. The van der Waals surface area contributed by atoms with E-state index in [1.807, 2.05) is 26.8 Å². The Hall–Kier alpha value is -1.88. The molecule has 3 atom stereocenters. The zero-order valence-corrected chi connectivity index (χ0v) is 15.6. The molecular weight excluding hydrogens is 308 g/mol. The molecule has 24 heavy (non-hydrogen) atoms. The predicted molar refractivity (Wildman–Crippen MR) is 94.4 cm³/mol. The first kappa shape index (κ1) is 22.1. The lowest BCUT2D eigenvalue weighted by molar-refractivity contribution is -0.159. The van der Waals surface area contributed by atoms with Gasteiger partial charge in [-0.15, -0.1) is 6.58 Å². The Kier molecular flexibility index (Phi) is 9.29. The van der Waals surface area contributed by atoms with E-state index in [4.69, 9.17) is 9.47 Å². The molecule has 0 aromatic rings. The van der Waals surface area contributed by atoms with Gasteiger partial charge in [-0.1, -0.05) is 17.7 Å². The van der Waals surface area contributed by atoms with E-state index in [2.05, 4.69) is 6.58 Å². The van der Waals surface area contributed by atoms with Gasteiger partial charge in [0, 0.05) is 13.8 Å². The summed E-state index contributed by atoms with van der Waals surface area (Å²) in [7, 11) is 0. The van der Waals surface area contributed by atoms with Crippen molar-refractivity contribution >= 4 is 11.9 Å². The third kappa shape index (κ3) is 9.30. The Labute approximate surface area is 145 Å². The smallest absolute Gasteiger partial charge is 0.303 e. The fourth-order valence-electron chi connectivity index (χ4n) is 2.11. The topological polar surface area (TPSA) is 72.8 Å². The van der Waals surface area contributed by atoms with Crippen molar-refractivity contribution in [2.75, 3.05) is 0 Å². The first-order valence-corrected chi connectivity index (χ1v) is 8.00. The molecule has 0 amide bonds. The average molecular weight is 338 g/mol. The average Bonchev–Trinajstić information content (AvgIpc) is 2.42. The fourth-order valence-corrected chi connectivity index (χ4v) is 2.11. The molecule has 0 aliphatic rings. The highest BCUT2D eigenvalue weighted by Gasteiger charge is 2.27. The van der Waals surface area contributed by atoms with Crippen molar-refractivity contribution in [2.24, 2.45) is 0 Å². The maximum atomic E-state index is 11.5. The maximum absolute atomic E-state index is 11.5. The molecule has 0 saturated carbocycles. The summed E-state index contributed by atoms with van der Waals surface area (Å²) in [5, 5.41) is 9.96. The van der Waals surface area contributed by atoms with Gasteiger partial charge >= 0.3 is 11.9 Å². The largest absolute Gasteiger partial charge is 0.454 e. The fraction of sp³-hybridized carbons (Fsp3) is 0.579. The molecule has 0 spiro atoms. The molecular formula is C19H30O5. The summed E-state index contributed by atoms with van der Waals surface area (Å²) < 4.78 is 10.7. The number of ether oxygens (including phenoxy) is 2. The molecule has 0 radical (unpaired) electrons. The number of aliphatic hydroxyl groups is 1. The van der Waals surface area contributed by atoms with Gasteiger partial charge in [-0.2, -0.15) is 0 Å². The molecule has 5 nitrogen and oxygen atoms in total. The van der Waals surface area contributed by atoms with Crippen LogP contribution < -0.4 is 0 Å². The molecule has 0 heterocycles. The van der Waals surface area contributed by atoms with Gasteiger partial charge in [0.15, 0.2) is 12.2 Å². The SMILES string of the molecule is C=C[C@@](C)(O)CC/C=C(\C)[C@H](OC(C)=O)[C@H](C=C(C)C)OC(C)=O. The number of esters is 2. The highest BCUT2D eigenvalue weighted by atomic mass is 16.6. The third-order valence-electron chi connectivity index (χ3n) is 3.40. The number of hydrogen-bond donors (Lipinski definition) is 1. The molecule has 0 aromatic carbocycles. The van der Waals surface area contributed by atoms with Gasteiger partial charge in [-0.25, -0.2) is 0 Å². The molecule has 0 aliphatic heterocycles. The Bertz CT molecular complexity index is 510. The maximum Gasteiger partial charge on any atom is 0.303 e. The summed E-state index contributed by atoms with van der Waals surface area (Å²) in [5.41, 5.74) is 0.748. The van der Waals surface area contributed by atoms with Gasteiger partial charge in [0.05, 0.1) is 5.60 Å². The van der Waals surface area contributed by atoms with Crippen LogP contribution >= 0.6 is 0 Å². The van der Waals surface area contributed by atoms with E-state index < -0.39 is 29.7 Å². The summed E-state index contributed by atoms with van der Waals surface area (Å²) >= 11 is 0. The molecule has 0 unspecified atom stereocenters. The minimum Gasteiger partial charge on any atom is -0.454 e. The summed E-state index contributed by atoms with van der Waals surface area (Å²) in [6.45, 7) is 13.5. The Morgan fingerprint density at radius 2 is 1.67 bits per heavy atom. The molecule has 0 aliphatic carbocycles. The third-order valence-corrected chi connectivity index (χ3v) is 3.40. The zero-order valence-electron chi connectivity index (χ0n) is 15.6. The summed E-state index contributed by atoms with van der Waals surface area (Å²) in [6.07, 6.45) is 4.80. The molecule has 0 rings (SSSR count). The zero-order chi connectivity index (χ0) is 18.9. The van der Waals surface area contributed by atoms with E-state index in [-0.39, 0.29) is 0 Å². The monoisotopic (exact) mass is 338 g/mol. The van der Waals surface area contributed by atoms with E-state index in [0.717, 1.165) is 11.1 Å². The second-order valence-corrected chi connectivity index (χ2v) is 6.40. The highest BCUT2D eigenvalue weighted by molar-refractivity contribution is 5.68. The highest BCUT2D eigenvalue weighted by Crippen LogP contribution is 2.20. The first-order chi connectivity index (χ1) is 11.0. The Morgan fingerprint density at radius 3 is 2.08 bits per heavy atom. The van der Waals surface area contributed by atoms with Crippen molar-refractivity contribution in [1.29, 1.82) is 0 Å². The van der Waals surface area contributed by atoms with E-state index >= 15 is 0 Å². The van der Waals surface area contributed by atoms with Crippen LogP contribution in [0.3, 0.4) is 0 Å². The van der Waals surface area contributed by atoms with Crippen molar-refractivity contribution in [3.8, 4) is 0 Å². The molecule has 0 aromatic heterocycles. The van der Waals surface area contributed by atoms with Gasteiger partial charge in [0.1, 0.15) is 0 Å². The van der Waals surface area contributed by atoms with Gasteiger partial charge in [0.25, 0.3) is 0 Å². The van der Waals surface area contributed by atoms with Gasteiger partial charge in [0.2, 0.25) is 0 Å². The van der Waals surface area contributed by atoms with Gasteiger partial charge in [-0.3, -0.25) is 9.59 Å². The normalized spacial score (nSPS) is 16.4. The van der Waals surface area contributed by atoms with Crippen LogP contribution in [-0.4, -0.2) is 34.9 Å². The van der Waals surface area contributed by atoms with Crippen molar-refractivity contribution in [1.82, 2.24) is 0 Å². The van der Waals surface area contributed by atoms with Crippen LogP contribution in [0.1, 0.15) is 54.4 Å². The number of carbonyl (C=O) groups excluding carboxylic acids is 2. The van der Waals surface area contributed by atoms with E-state index in [9.17, 15) is 14.7 Å². The standard InChI is InChI=1S/C19H30O5/c1-8-19(7,22)11-9-10-14(4)18(24-16(6)21)17(12-13(2)3)23-15(5)20/h8,10,12,17-18,22H,1,9,11H2,2-7H3/b14-10+/t17-,18-,19+/m0/s1. The minimum absolute atomic E-state index is 0.447. The molecule has 5 heteroatoms. The summed E-state index contributed by atoms with van der Waals surface area (Å²) in [5.74, 6) is -0.901. The van der Waals surface area contributed by atoms with Crippen molar-refractivity contribution in [2.45, 2.75) is 72.2 Å². The number of carbonyl (C=O) groups is 2. The van der Waals surface area contributed by atoms with Crippen molar-refractivity contribution in [3.05, 3.63) is 36.0 Å². The van der Waals surface area contributed by atoms with Crippen LogP contribution in [0.25, 0.3) is 0 Å². The van der Waals surface area contributed by atoms with Gasteiger partial charge in [-0.05, 0) is 52.2 Å². The van der Waals surface area contributed by atoms with Crippen LogP contribution in [-0.2, 0) is 19.1 Å². The van der Waals surface area contributed by atoms with Crippen LogP contribution in [0.15, 0.2) is 36.0 Å². The first-order valence-electron chi connectivity index (χ1n) is 8.00. The predicted octanol–water partition coefficient (Wildman–Crippen LogP) is 3.48. The lowest BCUT2D eigenvalue weighted by atomic mass is 9.97. The van der Waals surface area contributed by atoms with Crippen LogP contribution in [0.4, 0.5) is 0 Å². The van der Waals surface area contributed by atoms with Gasteiger partial charge < -0.3 is 14.6 Å². The molecule has 136 valence electrons. The summed E-state index contributed by atoms with van der Waals surface area (Å²) in [4.78, 5) is 22.8.